The minimum Gasteiger partial charge on any atom is -0.426 e. The molecule has 0 radical (unpaired) electrons. The van der Waals surface area contributed by atoms with Crippen molar-refractivity contribution in [3.05, 3.63) is 88.6 Å². The molecule has 0 spiro atoms. The summed E-state index contributed by atoms with van der Waals surface area (Å²) in [7, 11) is 0. The second-order valence-electron chi connectivity index (χ2n) is 7.90. The number of benzene rings is 2. The van der Waals surface area contributed by atoms with E-state index in [1.807, 2.05) is 29.1 Å². The van der Waals surface area contributed by atoms with Crippen molar-refractivity contribution < 1.29 is 4.74 Å². The molecule has 3 aromatic heterocycles. The summed E-state index contributed by atoms with van der Waals surface area (Å²) < 4.78 is 7.79. The molecule has 0 amide bonds. The summed E-state index contributed by atoms with van der Waals surface area (Å²) in [4.78, 5) is 23.2. The zero-order valence-corrected chi connectivity index (χ0v) is 16.7. The van der Waals surface area contributed by atoms with Gasteiger partial charge in [-0.05, 0) is 54.2 Å². The Morgan fingerprint density at radius 1 is 1.06 bits per heavy atom. The van der Waals surface area contributed by atoms with Crippen molar-refractivity contribution in [2.45, 2.75) is 25.3 Å². The molecule has 0 aliphatic heterocycles. The molecule has 0 unspecified atom stereocenters. The number of rotatable bonds is 5. The van der Waals surface area contributed by atoms with Crippen LogP contribution in [0.5, 0.6) is 11.8 Å². The fraction of sp³-hybridized carbons (Fsp3) is 0.167. The van der Waals surface area contributed by atoms with Crippen LogP contribution in [0.2, 0.25) is 0 Å². The number of hydrogen-bond acceptors (Lipinski definition) is 5. The van der Waals surface area contributed by atoms with E-state index in [0.717, 1.165) is 16.8 Å². The summed E-state index contributed by atoms with van der Waals surface area (Å²) >= 11 is 0. The van der Waals surface area contributed by atoms with Gasteiger partial charge in [-0.1, -0.05) is 24.3 Å². The third-order valence-corrected chi connectivity index (χ3v) is 5.68. The molecule has 1 aliphatic carbocycles. The molecule has 7 heteroatoms. The maximum absolute atomic E-state index is 12.2. The molecule has 152 valence electrons. The zero-order chi connectivity index (χ0) is 20.8. The standard InChI is InChI=1S/C24H19N5O2/c30-23-20-9-10-25-13-21(20)27-24(28-23)31-19-7-8-22-18(11-19)12-26-29(22)14-15-1-3-16(4-2-15)17-5-6-17/h1-4,7-13,17H,5-6,14H2,(H,27,28,30). The summed E-state index contributed by atoms with van der Waals surface area (Å²) in [6.07, 6.45) is 7.55. The van der Waals surface area contributed by atoms with E-state index in [1.165, 1.54) is 24.0 Å². The lowest BCUT2D eigenvalue weighted by molar-refractivity contribution is 0.443. The van der Waals surface area contributed by atoms with Crippen LogP contribution in [-0.4, -0.2) is 24.7 Å². The third kappa shape index (κ3) is 3.44. The van der Waals surface area contributed by atoms with Gasteiger partial charge in [0.2, 0.25) is 0 Å². The summed E-state index contributed by atoms with van der Waals surface area (Å²) in [6.45, 7) is 0.710. The number of aromatic amines is 1. The van der Waals surface area contributed by atoms with Crippen LogP contribution in [0.15, 0.2) is 71.9 Å². The fourth-order valence-electron chi connectivity index (χ4n) is 3.87. The molecule has 2 aromatic carbocycles. The van der Waals surface area contributed by atoms with Gasteiger partial charge in [-0.2, -0.15) is 10.1 Å². The Bertz CT molecular complexity index is 1470. The molecule has 1 aliphatic rings. The largest absolute Gasteiger partial charge is 0.426 e. The molecular weight excluding hydrogens is 390 g/mol. The summed E-state index contributed by atoms with van der Waals surface area (Å²) in [5.41, 5.74) is 3.91. The second-order valence-corrected chi connectivity index (χ2v) is 7.90. The van der Waals surface area contributed by atoms with E-state index in [4.69, 9.17) is 4.74 Å². The lowest BCUT2D eigenvalue weighted by Crippen LogP contribution is -2.09. The number of aromatic nitrogens is 5. The Morgan fingerprint density at radius 2 is 1.94 bits per heavy atom. The molecule has 1 saturated carbocycles. The topological polar surface area (TPSA) is 85.7 Å². The first kappa shape index (κ1) is 17.8. The third-order valence-electron chi connectivity index (χ3n) is 5.68. The smallest absolute Gasteiger partial charge is 0.302 e. The van der Waals surface area contributed by atoms with Crippen molar-refractivity contribution in [1.29, 1.82) is 0 Å². The number of nitrogens with one attached hydrogen (secondary N) is 1. The summed E-state index contributed by atoms with van der Waals surface area (Å²) in [5.74, 6) is 1.34. The number of ether oxygens (including phenoxy) is 1. The molecular formula is C24H19N5O2. The molecule has 6 rings (SSSR count). The van der Waals surface area contributed by atoms with Crippen molar-refractivity contribution in [3.63, 3.8) is 0 Å². The first-order valence-electron chi connectivity index (χ1n) is 10.3. The van der Waals surface area contributed by atoms with E-state index in [9.17, 15) is 4.79 Å². The van der Waals surface area contributed by atoms with Crippen molar-refractivity contribution in [2.24, 2.45) is 0 Å². The van der Waals surface area contributed by atoms with Crippen molar-refractivity contribution in [2.75, 3.05) is 0 Å². The predicted molar refractivity (Wildman–Crippen MR) is 117 cm³/mol. The van der Waals surface area contributed by atoms with Crippen LogP contribution in [0.3, 0.4) is 0 Å². The Kier molecular flexibility index (Phi) is 4.06. The highest BCUT2D eigenvalue weighted by molar-refractivity contribution is 5.80. The van der Waals surface area contributed by atoms with E-state index in [-0.39, 0.29) is 11.6 Å². The van der Waals surface area contributed by atoms with Gasteiger partial charge in [0.05, 0.1) is 35.4 Å². The normalized spacial score (nSPS) is 13.7. The van der Waals surface area contributed by atoms with E-state index >= 15 is 0 Å². The number of hydrogen-bond donors (Lipinski definition) is 1. The molecule has 1 N–H and O–H groups in total. The van der Waals surface area contributed by atoms with Crippen molar-refractivity contribution >= 4 is 21.8 Å². The zero-order valence-electron chi connectivity index (χ0n) is 16.7. The average molecular weight is 409 g/mol. The molecule has 0 saturated heterocycles. The molecule has 31 heavy (non-hydrogen) atoms. The van der Waals surface area contributed by atoms with Gasteiger partial charge in [0, 0.05) is 11.6 Å². The van der Waals surface area contributed by atoms with E-state index in [2.05, 4.69) is 44.3 Å². The summed E-state index contributed by atoms with van der Waals surface area (Å²) in [5, 5.41) is 5.97. The van der Waals surface area contributed by atoms with Crippen LogP contribution < -0.4 is 10.3 Å². The molecule has 5 aromatic rings. The summed E-state index contributed by atoms with van der Waals surface area (Å²) in [6, 6.07) is 16.3. The molecule has 1 fully saturated rings. The first-order valence-corrected chi connectivity index (χ1v) is 10.3. The maximum atomic E-state index is 12.2. The SMILES string of the molecule is O=c1[nH]c(Oc2ccc3c(cnn3Cc3ccc(C4CC4)cc3)c2)nc2cnccc12. The Balaban J connectivity index is 1.25. The van der Waals surface area contributed by atoms with Gasteiger partial charge in [0.1, 0.15) is 5.75 Å². The number of fused-ring (bicyclic) bond motifs is 2. The fourth-order valence-corrected chi connectivity index (χ4v) is 3.87. The predicted octanol–water partition coefficient (Wildman–Crippen LogP) is 4.39. The highest BCUT2D eigenvalue weighted by Gasteiger charge is 2.22. The van der Waals surface area contributed by atoms with Gasteiger partial charge in [0.25, 0.3) is 5.56 Å². The van der Waals surface area contributed by atoms with Gasteiger partial charge < -0.3 is 4.74 Å². The lowest BCUT2D eigenvalue weighted by Gasteiger charge is -2.07. The van der Waals surface area contributed by atoms with Crippen LogP contribution in [0, 0.1) is 0 Å². The van der Waals surface area contributed by atoms with Gasteiger partial charge in [-0.25, -0.2) is 0 Å². The van der Waals surface area contributed by atoms with E-state index in [1.54, 1.807) is 18.5 Å². The van der Waals surface area contributed by atoms with E-state index < -0.39 is 0 Å². The maximum Gasteiger partial charge on any atom is 0.302 e. The van der Waals surface area contributed by atoms with Gasteiger partial charge >= 0.3 is 6.01 Å². The Morgan fingerprint density at radius 3 is 2.77 bits per heavy atom. The van der Waals surface area contributed by atoms with Crippen LogP contribution in [0.25, 0.3) is 21.8 Å². The highest BCUT2D eigenvalue weighted by Crippen LogP contribution is 2.39. The van der Waals surface area contributed by atoms with Crippen molar-refractivity contribution in [1.82, 2.24) is 24.7 Å². The van der Waals surface area contributed by atoms with Crippen LogP contribution in [0.1, 0.15) is 29.9 Å². The van der Waals surface area contributed by atoms with E-state index in [0.29, 0.717) is 23.2 Å². The van der Waals surface area contributed by atoms with Gasteiger partial charge in [0.15, 0.2) is 0 Å². The number of nitrogens with zero attached hydrogens (tertiary/aromatic N) is 4. The monoisotopic (exact) mass is 409 g/mol. The molecule has 7 nitrogen and oxygen atoms in total. The minimum absolute atomic E-state index is 0.132. The van der Waals surface area contributed by atoms with Gasteiger partial charge in [-0.15, -0.1) is 0 Å². The quantitative estimate of drug-likeness (QED) is 0.465. The molecule has 3 heterocycles. The lowest BCUT2D eigenvalue weighted by atomic mass is 10.1. The van der Waals surface area contributed by atoms with Crippen LogP contribution in [-0.2, 0) is 6.54 Å². The Labute approximate surface area is 177 Å². The second kappa shape index (κ2) is 7.05. The highest BCUT2D eigenvalue weighted by atomic mass is 16.5. The van der Waals surface area contributed by atoms with Gasteiger partial charge in [-0.3, -0.25) is 19.4 Å². The van der Waals surface area contributed by atoms with Crippen LogP contribution >= 0.6 is 0 Å². The number of H-pyrrole nitrogens is 1. The van der Waals surface area contributed by atoms with Crippen molar-refractivity contribution in [3.8, 4) is 11.8 Å². The van der Waals surface area contributed by atoms with Crippen LogP contribution in [0.4, 0.5) is 0 Å². The minimum atomic E-state index is -0.260. The number of pyridine rings is 1. The molecule has 0 atom stereocenters. The molecule has 0 bridgehead atoms. The first-order chi connectivity index (χ1) is 15.2. The average Bonchev–Trinajstić information content (AvgIpc) is 3.56. The Hall–Kier alpha value is -4.00.